The molecule has 0 radical (unpaired) electrons. The summed E-state index contributed by atoms with van der Waals surface area (Å²) in [6.07, 6.45) is 18.9. The van der Waals surface area contributed by atoms with Crippen LogP contribution in [-0.4, -0.2) is 5.78 Å². The number of rotatable bonds is 3. The molecule has 8 aliphatic carbocycles. The summed E-state index contributed by atoms with van der Waals surface area (Å²) in [4.78, 5) is 13.5. The molecule has 8 bridgehead atoms. The van der Waals surface area contributed by atoms with Gasteiger partial charge in [0.2, 0.25) is 0 Å². The predicted molar refractivity (Wildman–Crippen MR) is 100.0 cm³/mol. The van der Waals surface area contributed by atoms with Gasteiger partial charge in [-0.3, -0.25) is 4.79 Å². The molecule has 0 amide bonds. The van der Waals surface area contributed by atoms with Crippen LogP contribution < -0.4 is 0 Å². The van der Waals surface area contributed by atoms with Crippen LogP contribution >= 0.6 is 0 Å². The molecule has 0 aromatic heterocycles. The van der Waals surface area contributed by atoms with Crippen LogP contribution in [-0.2, 0) is 4.79 Å². The Bertz CT molecular complexity index is 568. The minimum atomic E-state index is 0.0678. The average Bonchev–Trinajstić information content (AvgIpc) is 2.52. The highest BCUT2D eigenvalue weighted by molar-refractivity contribution is 5.96. The molecule has 136 valence electrons. The first-order valence-corrected chi connectivity index (χ1v) is 11.3. The zero-order valence-electron chi connectivity index (χ0n) is 15.9. The summed E-state index contributed by atoms with van der Waals surface area (Å²) in [6.45, 7) is 2.34. The van der Waals surface area contributed by atoms with Gasteiger partial charge in [0.25, 0.3) is 0 Å². The molecule has 8 saturated carbocycles. The van der Waals surface area contributed by atoms with Crippen molar-refractivity contribution in [1.29, 1.82) is 0 Å². The molecule has 0 aromatic carbocycles. The van der Waals surface area contributed by atoms with Gasteiger partial charge in [-0.15, -0.1) is 0 Å². The van der Waals surface area contributed by atoms with Crippen molar-refractivity contribution in [2.75, 3.05) is 0 Å². The van der Waals surface area contributed by atoms with Crippen molar-refractivity contribution < 1.29 is 4.79 Å². The minimum Gasteiger partial charge on any atom is -0.294 e. The molecule has 0 aliphatic heterocycles. The summed E-state index contributed by atoms with van der Waals surface area (Å²) in [5.74, 6) is 6.12. The van der Waals surface area contributed by atoms with E-state index in [1.165, 1.54) is 82.6 Å². The number of hydrogen-bond donors (Lipinski definition) is 0. The monoisotopic (exact) mass is 338 g/mol. The van der Waals surface area contributed by atoms with E-state index < -0.39 is 0 Å². The Kier molecular flexibility index (Phi) is 3.10. The topological polar surface area (TPSA) is 17.1 Å². The summed E-state index contributed by atoms with van der Waals surface area (Å²) in [7, 11) is 0. The van der Waals surface area contributed by atoms with Crippen molar-refractivity contribution in [3.63, 3.8) is 0 Å². The van der Waals surface area contributed by atoms with Crippen molar-refractivity contribution in [3.8, 4) is 0 Å². The Labute approximate surface area is 153 Å². The summed E-state index contributed by atoms with van der Waals surface area (Å²) in [5.41, 5.74) is 1.98. The Hall–Kier alpha value is -0.590. The normalized spacial score (nSPS) is 55.8. The van der Waals surface area contributed by atoms with Gasteiger partial charge in [-0.2, -0.15) is 0 Å². The van der Waals surface area contributed by atoms with Gasteiger partial charge in [0.1, 0.15) is 0 Å². The van der Waals surface area contributed by atoms with E-state index in [9.17, 15) is 4.79 Å². The lowest BCUT2D eigenvalue weighted by Crippen LogP contribution is -2.50. The van der Waals surface area contributed by atoms with Crippen LogP contribution in [0.5, 0.6) is 0 Å². The molecular weight excluding hydrogens is 304 g/mol. The molecule has 0 N–H and O–H groups in total. The fraction of sp³-hybridized carbons (Fsp3) is 0.875. The summed E-state index contributed by atoms with van der Waals surface area (Å²) < 4.78 is 0. The number of hydrogen-bond acceptors (Lipinski definition) is 1. The van der Waals surface area contributed by atoms with Gasteiger partial charge < -0.3 is 0 Å². The smallest absolute Gasteiger partial charge is 0.161 e. The summed E-state index contributed by atoms with van der Waals surface area (Å²) >= 11 is 0. The standard InChI is InChI=1S/C24H34O/c1-15(23-9-16-3-17(10-23)5-18(4-16)11-23)2-22(25)24-12-19-6-20(13-24)8-21(7-19)14-24/h2,16-21H,3-14H2,1H3. The van der Waals surface area contributed by atoms with Gasteiger partial charge in [-0.25, -0.2) is 0 Å². The number of carbonyl (C=O) groups is 1. The lowest BCUT2D eigenvalue weighted by Gasteiger charge is -2.58. The maximum Gasteiger partial charge on any atom is 0.161 e. The molecule has 8 rings (SSSR count). The van der Waals surface area contributed by atoms with Gasteiger partial charge in [0.15, 0.2) is 5.78 Å². The SMILES string of the molecule is CC(=CC(=O)C12CC3CC(CC(C3)C1)C2)C12CC3CC(CC(C3)C1)C2. The third-order valence-corrected chi connectivity index (χ3v) is 9.78. The first-order valence-electron chi connectivity index (χ1n) is 11.3. The lowest BCUT2D eigenvalue weighted by atomic mass is 9.47. The molecule has 8 fully saturated rings. The van der Waals surface area contributed by atoms with E-state index in [1.54, 1.807) is 0 Å². The molecule has 0 saturated heterocycles. The molecule has 25 heavy (non-hydrogen) atoms. The fourth-order valence-corrected chi connectivity index (χ4v) is 9.51. The van der Waals surface area contributed by atoms with Crippen molar-refractivity contribution in [1.82, 2.24) is 0 Å². The van der Waals surface area contributed by atoms with Gasteiger partial charge in [0.05, 0.1) is 0 Å². The van der Waals surface area contributed by atoms with Crippen LogP contribution in [0.3, 0.4) is 0 Å². The van der Waals surface area contributed by atoms with E-state index in [-0.39, 0.29) is 5.41 Å². The predicted octanol–water partition coefficient (Wildman–Crippen LogP) is 5.93. The second kappa shape index (κ2) is 5.02. The second-order valence-electron chi connectivity index (χ2n) is 11.6. The van der Waals surface area contributed by atoms with E-state index >= 15 is 0 Å². The van der Waals surface area contributed by atoms with Crippen LogP contribution in [0.15, 0.2) is 11.6 Å². The number of allylic oxidation sites excluding steroid dienone is 2. The molecular formula is C24H34O. The number of ketones is 1. The molecule has 8 aliphatic rings. The quantitative estimate of drug-likeness (QED) is 0.582. The van der Waals surface area contributed by atoms with Crippen LogP contribution in [0.25, 0.3) is 0 Å². The van der Waals surface area contributed by atoms with Crippen molar-refractivity contribution in [2.45, 2.75) is 84.0 Å². The zero-order chi connectivity index (χ0) is 16.8. The lowest BCUT2D eigenvalue weighted by molar-refractivity contribution is -0.138. The van der Waals surface area contributed by atoms with Gasteiger partial charge >= 0.3 is 0 Å². The van der Waals surface area contributed by atoms with Crippen molar-refractivity contribution in [2.24, 2.45) is 46.3 Å². The Morgan fingerprint density at radius 1 is 0.640 bits per heavy atom. The molecule has 0 spiro atoms. The van der Waals surface area contributed by atoms with E-state index in [0.717, 1.165) is 35.5 Å². The van der Waals surface area contributed by atoms with Gasteiger partial charge in [-0.1, -0.05) is 5.57 Å². The van der Waals surface area contributed by atoms with Crippen LogP contribution in [0.4, 0.5) is 0 Å². The molecule has 0 aromatic rings. The molecule has 1 nitrogen and oxygen atoms in total. The summed E-state index contributed by atoms with van der Waals surface area (Å²) in [5, 5.41) is 0. The maximum atomic E-state index is 13.5. The molecule has 0 unspecified atom stereocenters. The second-order valence-corrected chi connectivity index (χ2v) is 11.6. The van der Waals surface area contributed by atoms with E-state index in [4.69, 9.17) is 0 Å². The molecule has 0 atom stereocenters. The first-order chi connectivity index (χ1) is 12.0. The highest BCUT2D eigenvalue weighted by atomic mass is 16.1. The largest absolute Gasteiger partial charge is 0.294 e. The third-order valence-electron chi connectivity index (χ3n) is 9.78. The Balaban J connectivity index is 1.29. The highest BCUT2D eigenvalue weighted by Gasteiger charge is 2.55. The summed E-state index contributed by atoms with van der Waals surface area (Å²) in [6, 6.07) is 0. The third kappa shape index (κ3) is 2.23. The van der Waals surface area contributed by atoms with Gasteiger partial charge in [-0.05, 0) is 131 Å². The Morgan fingerprint density at radius 2 is 0.960 bits per heavy atom. The number of carbonyl (C=O) groups excluding carboxylic acids is 1. The van der Waals surface area contributed by atoms with Gasteiger partial charge in [0, 0.05) is 5.41 Å². The highest BCUT2D eigenvalue weighted by Crippen LogP contribution is 2.64. The van der Waals surface area contributed by atoms with Crippen LogP contribution in [0, 0.1) is 46.3 Å². The maximum absolute atomic E-state index is 13.5. The van der Waals surface area contributed by atoms with Crippen LogP contribution in [0.2, 0.25) is 0 Å². The van der Waals surface area contributed by atoms with E-state index in [1.807, 2.05) is 0 Å². The van der Waals surface area contributed by atoms with E-state index in [2.05, 4.69) is 13.0 Å². The zero-order valence-corrected chi connectivity index (χ0v) is 15.9. The van der Waals surface area contributed by atoms with Crippen molar-refractivity contribution >= 4 is 5.78 Å². The molecule has 1 heteroatoms. The van der Waals surface area contributed by atoms with E-state index in [0.29, 0.717) is 11.2 Å². The Morgan fingerprint density at radius 3 is 1.32 bits per heavy atom. The average molecular weight is 339 g/mol. The first kappa shape index (κ1) is 15.5. The van der Waals surface area contributed by atoms with Crippen molar-refractivity contribution in [3.05, 3.63) is 11.6 Å². The molecule has 0 heterocycles. The van der Waals surface area contributed by atoms with Crippen LogP contribution in [0.1, 0.15) is 84.0 Å². The fourth-order valence-electron chi connectivity index (χ4n) is 9.51. The minimum absolute atomic E-state index is 0.0678.